The molecule has 0 radical (unpaired) electrons. The third-order valence-electron chi connectivity index (χ3n) is 6.48. The molecule has 0 amide bonds. The number of hydrogen-bond acceptors (Lipinski definition) is 8. The van der Waals surface area contributed by atoms with Crippen LogP contribution in [0, 0.1) is 0 Å². The quantitative estimate of drug-likeness (QED) is 0.113. The highest BCUT2D eigenvalue weighted by Crippen LogP contribution is 2.36. The predicted octanol–water partition coefficient (Wildman–Crippen LogP) is 3.20. The molecule has 0 saturated carbocycles. The number of benzene rings is 3. The first-order valence-electron chi connectivity index (χ1n) is 14.6. The van der Waals surface area contributed by atoms with Crippen LogP contribution >= 0.6 is 0 Å². The van der Waals surface area contributed by atoms with E-state index in [1.54, 1.807) is 0 Å². The van der Waals surface area contributed by atoms with E-state index in [-0.39, 0.29) is 0 Å². The molecule has 8 heteroatoms. The van der Waals surface area contributed by atoms with E-state index >= 15 is 0 Å². The van der Waals surface area contributed by atoms with Gasteiger partial charge in [0.25, 0.3) is 0 Å². The van der Waals surface area contributed by atoms with Gasteiger partial charge in [-0.2, -0.15) is 0 Å². The number of rotatable bonds is 24. The number of ether oxygens (including phenoxy) is 5. The van der Waals surface area contributed by atoms with E-state index in [0.29, 0.717) is 79.2 Å². The van der Waals surface area contributed by atoms with Gasteiger partial charge in [0, 0.05) is 26.2 Å². The van der Waals surface area contributed by atoms with Crippen LogP contribution in [0.15, 0.2) is 91.0 Å². The maximum atomic E-state index is 5.89. The van der Waals surface area contributed by atoms with Crippen molar-refractivity contribution >= 4 is 0 Å². The lowest BCUT2D eigenvalue weighted by atomic mass is 9.77. The Morgan fingerprint density at radius 1 is 0.439 bits per heavy atom. The first-order valence-corrected chi connectivity index (χ1v) is 14.6. The number of nitrogens with two attached hydrogens (primary N) is 1. The molecule has 0 saturated heterocycles. The number of hydrogen-bond donors (Lipinski definition) is 3. The van der Waals surface area contributed by atoms with Gasteiger partial charge in [0.1, 0.15) is 0 Å². The fourth-order valence-corrected chi connectivity index (χ4v) is 4.54. The van der Waals surface area contributed by atoms with E-state index in [1.165, 1.54) is 16.7 Å². The monoisotopic (exact) mass is 565 g/mol. The Hall–Kier alpha value is -2.66. The molecule has 0 aliphatic heterocycles. The molecule has 0 fully saturated rings. The van der Waals surface area contributed by atoms with Gasteiger partial charge in [-0.15, -0.1) is 0 Å². The van der Waals surface area contributed by atoms with E-state index in [1.807, 2.05) is 0 Å². The highest BCUT2D eigenvalue weighted by molar-refractivity contribution is 5.49. The van der Waals surface area contributed by atoms with Gasteiger partial charge in [0.05, 0.1) is 71.6 Å². The van der Waals surface area contributed by atoms with Gasteiger partial charge >= 0.3 is 0 Å². The summed E-state index contributed by atoms with van der Waals surface area (Å²) in [5, 5.41) is 7.11. The van der Waals surface area contributed by atoms with Gasteiger partial charge in [-0.05, 0) is 16.7 Å². The molecule has 3 rings (SSSR count). The summed E-state index contributed by atoms with van der Waals surface area (Å²) >= 11 is 0. The molecular weight excluding hydrogens is 518 g/mol. The van der Waals surface area contributed by atoms with E-state index < -0.39 is 5.54 Å². The molecule has 4 N–H and O–H groups in total. The maximum Gasteiger partial charge on any atom is 0.0948 e. The van der Waals surface area contributed by atoms with Crippen molar-refractivity contribution in [3.63, 3.8) is 0 Å². The third-order valence-corrected chi connectivity index (χ3v) is 6.48. The molecule has 0 aliphatic carbocycles. The Morgan fingerprint density at radius 2 is 0.780 bits per heavy atom. The summed E-state index contributed by atoms with van der Waals surface area (Å²) in [4.78, 5) is 0. The summed E-state index contributed by atoms with van der Waals surface area (Å²) in [6, 6.07) is 31.8. The van der Waals surface area contributed by atoms with Crippen molar-refractivity contribution in [2.45, 2.75) is 5.54 Å². The minimum absolute atomic E-state index is 0.484. The summed E-state index contributed by atoms with van der Waals surface area (Å²) < 4.78 is 27.9. The molecule has 41 heavy (non-hydrogen) atoms. The van der Waals surface area contributed by atoms with Gasteiger partial charge in [-0.25, -0.2) is 0 Å². The first kappa shape index (κ1) is 32.8. The van der Waals surface area contributed by atoms with Crippen molar-refractivity contribution in [3.8, 4) is 0 Å². The zero-order valence-electron chi connectivity index (χ0n) is 24.2. The fraction of sp³-hybridized carbons (Fsp3) is 0.455. The van der Waals surface area contributed by atoms with Crippen LogP contribution in [0.4, 0.5) is 0 Å². The molecule has 0 aliphatic rings. The minimum atomic E-state index is -0.484. The van der Waals surface area contributed by atoms with E-state index in [4.69, 9.17) is 29.4 Å². The van der Waals surface area contributed by atoms with Crippen LogP contribution in [0.2, 0.25) is 0 Å². The van der Waals surface area contributed by atoms with Crippen LogP contribution in [-0.4, -0.2) is 92.2 Å². The smallest absolute Gasteiger partial charge is 0.0948 e. The van der Waals surface area contributed by atoms with Crippen LogP contribution in [0.5, 0.6) is 0 Å². The van der Waals surface area contributed by atoms with Crippen molar-refractivity contribution in [2.24, 2.45) is 5.73 Å². The summed E-state index contributed by atoms with van der Waals surface area (Å²) in [6.45, 7) is 8.58. The molecule has 0 unspecified atom stereocenters. The molecule has 3 aromatic carbocycles. The second kappa shape index (κ2) is 21.1. The molecule has 0 spiro atoms. The molecule has 8 nitrogen and oxygen atoms in total. The van der Waals surface area contributed by atoms with Gasteiger partial charge in [0.15, 0.2) is 0 Å². The average Bonchev–Trinajstić information content (AvgIpc) is 3.03. The minimum Gasteiger partial charge on any atom is -0.378 e. The molecule has 0 heterocycles. The van der Waals surface area contributed by atoms with Gasteiger partial charge in [0.2, 0.25) is 0 Å². The second-order valence-electron chi connectivity index (χ2n) is 9.38. The van der Waals surface area contributed by atoms with E-state index in [9.17, 15) is 0 Å². The van der Waals surface area contributed by atoms with Crippen LogP contribution in [0.1, 0.15) is 16.7 Å². The molecule has 3 aromatic rings. The Balaban J connectivity index is 1.29. The summed E-state index contributed by atoms with van der Waals surface area (Å²) in [7, 11) is 0. The molecule has 224 valence electrons. The predicted molar refractivity (Wildman–Crippen MR) is 163 cm³/mol. The Bertz CT molecular complexity index is 914. The number of nitrogens with one attached hydrogen (secondary N) is 2. The van der Waals surface area contributed by atoms with Gasteiger partial charge in [-0.3, -0.25) is 5.32 Å². The maximum absolute atomic E-state index is 5.89. The lowest BCUT2D eigenvalue weighted by Crippen LogP contribution is -2.46. The van der Waals surface area contributed by atoms with E-state index in [2.05, 4.69) is 102 Å². The largest absolute Gasteiger partial charge is 0.378 e. The molecule has 0 aromatic heterocycles. The van der Waals surface area contributed by atoms with Crippen molar-refractivity contribution in [3.05, 3.63) is 108 Å². The standard InChI is InChI=1S/C33H47N3O5/c34-16-20-37-24-25-38-21-17-35-18-22-39-26-28-41-29-27-40-23-19-36-33(30-10-4-1-5-11-30,31-12-6-2-7-13-31)32-14-8-3-9-15-32/h1-15,35-36H,16-29,34H2. The van der Waals surface area contributed by atoms with Crippen molar-refractivity contribution < 1.29 is 23.7 Å². The fourth-order valence-electron chi connectivity index (χ4n) is 4.54. The lowest BCUT2D eigenvalue weighted by Gasteiger charge is -2.37. The normalized spacial score (nSPS) is 11.6. The van der Waals surface area contributed by atoms with Crippen LogP contribution in [0.3, 0.4) is 0 Å². The summed E-state index contributed by atoms with van der Waals surface area (Å²) in [5.41, 5.74) is 8.44. The van der Waals surface area contributed by atoms with Crippen molar-refractivity contribution in [1.82, 2.24) is 10.6 Å². The Morgan fingerprint density at radius 3 is 1.17 bits per heavy atom. The summed E-state index contributed by atoms with van der Waals surface area (Å²) in [6.07, 6.45) is 0. The Kier molecular flexibility index (Phi) is 16.9. The highest BCUT2D eigenvalue weighted by atomic mass is 16.5. The zero-order chi connectivity index (χ0) is 28.7. The Labute approximate surface area is 245 Å². The highest BCUT2D eigenvalue weighted by Gasteiger charge is 2.35. The van der Waals surface area contributed by atoms with Crippen molar-refractivity contribution in [2.75, 3.05) is 92.2 Å². The SMILES string of the molecule is NCCOCCOCCNCCOCCOCCOCCNC(c1ccccc1)(c1ccccc1)c1ccccc1. The van der Waals surface area contributed by atoms with Crippen molar-refractivity contribution in [1.29, 1.82) is 0 Å². The topological polar surface area (TPSA) is 96.2 Å². The zero-order valence-corrected chi connectivity index (χ0v) is 24.2. The molecule has 0 bridgehead atoms. The third kappa shape index (κ3) is 12.0. The lowest BCUT2D eigenvalue weighted by molar-refractivity contribution is 0.0148. The average molecular weight is 566 g/mol. The van der Waals surface area contributed by atoms with Gasteiger partial charge < -0.3 is 34.7 Å². The second-order valence-corrected chi connectivity index (χ2v) is 9.38. The van der Waals surface area contributed by atoms with Gasteiger partial charge in [-0.1, -0.05) is 91.0 Å². The van der Waals surface area contributed by atoms with Crippen LogP contribution in [-0.2, 0) is 29.2 Å². The van der Waals surface area contributed by atoms with E-state index in [0.717, 1.165) is 13.1 Å². The van der Waals surface area contributed by atoms with Crippen LogP contribution < -0.4 is 16.4 Å². The summed E-state index contributed by atoms with van der Waals surface area (Å²) in [5.74, 6) is 0. The molecule has 0 atom stereocenters. The molecular formula is C33H47N3O5. The first-order chi connectivity index (χ1) is 20.4. The van der Waals surface area contributed by atoms with Crippen LogP contribution in [0.25, 0.3) is 0 Å².